The van der Waals surface area contributed by atoms with Gasteiger partial charge in [-0.2, -0.15) is 0 Å². The summed E-state index contributed by atoms with van der Waals surface area (Å²) in [5, 5.41) is 11.4. The summed E-state index contributed by atoms with van der Waals surface area (Å²) < 4.78 is 33.8. The topological polar surface area (TPSA) is 79.7 Å². The van der Waals surface area contributed by atoms with E-state index in [1.807, 2.05) is 0 Å². The fraction of sp³-hybridized carbons (Fsp3) is 0.0870. The van der Waals surface area contributed by atoms with Gasteiger partial charge >= 0.3 is 0 Å². The predicted molar refractivity (Wildman–Crippen MR) is 113 cm³/mol. The van der Waals surface area contributed by atoms with Gasteiger partial charge in [0.1, 0.15) is 23.1 Å². The molecule has 1 aromatic heterocycles. The maximum absolute atomic E-state index is 14.6. The quantitative estimate of drug-likeness (QED) is 0.351. The molecule has 1 aliphatic rings. The number of amides is 1. The van der Waals surface area contributed by atoms with Crippen molar-refractivity contribution in [3.05, 3.63) is 94.3 Å². The Hall–Kier alpha value is -3.78. The number of hydrogen-bond donors (Lipinski definition) is 1. The number of methoxy groups -OCH3 is 1. The Bertz CT molecular complexity index is 1260. The van der Waals surface area contributed by atoms with E-state index >= 15 is 0 Å². The number of benzene rings is 2. The normalized spacial score (nSPS) is 17.6. The first-order chi connectivity index (χ1) is 15.3. The Balaban J connectivity index is 2.01. The van der Waals surface area contributed by atoms with Crippen LogP contribution in [0.15, 0.2) is 66.5 Å². The van der Waals surface area contributed by atoms with Crippen LogP contribution in [0.1, 0.15) is 17.2 Å². The highest BCUT2D eigenvalue weighted by atomic mass is 35.5. The molecule has 0 radical (unpaired) electrons. The van der Waals surface area contributed by atoms with Crippen LogP contribution in [0.5, 0.6) is 5.75 Å². The summed E-state index contributed by atoms with van der Waals surface area (Å²) in [6.45, 7) is 0. The molecule has 162 valence electrons. The molecule has 0 spiro atoms. The molecular formula is C23H15ClF2N2O4. The summed E-state index contributed by atoms with van der Waals surface area (Å²) in [6.07, 6.45) is 2.83. The average molecular weight is 457 g/mol. The Labute approximate surface area is 186 Å². The predicted octanol–water partition coefficient (Wildman–Crippen LogP) is 4.65. The number of aliphatic hydroxyl groups excluding tert-OH is 1. The van der Waals surface area contributed by atoms with E-state index in [1.54, 1.807) is 12.1 Å². The number of halogens is 3. The maximum Gasteiger partial charge on any atom is 0.300 e. The number of carbonyl (C=O) groups is 2. The number of carbonyl (C=O) groups excluding carboxylic acids is 2. The fourth-order valence-electron chi connectivity index (χ4n) is 3.61. The second-order valence-electron chi connectivity index (χ2n) is 6.90. The van der Waals surface area contributed by atoms with Crippen LogP contribution >= 0.6 is 11.6 Å². The van der Waals surface area contributed by atoms with Crippen molar-refractivity contribution in [2.45, 2.75) is 6.04 Å². The minimum absolute atomic E-state index is 0.0617. The Morgan fingerprint density at radius 2 is 1.94 bits per heavy atom. The van der Waals surface area contributed by atoms with E-state index in [1.165, 1.54) is 37.7 Å². The van der Waals surface area contributed by atoms with Gasteiger partial charge in [-0.3, -0.25) is 19.5 Å². The minimum atomic E-state index is -1.27. The van der Waals surface area contributed by atoms with Gasteiger partial charge in [-0.25, -0.2) is 8.78 Å². The molecule has 3 aromatic rings. The van der Waals surface area contributed by atoms with Gasteiger partial charge in [-0.05, 0) is 42.0 Å². The highest BCUT2D eigenvalue weighted by Crippen LogP contribution is 2.44. The second kappa shape index (κ2) is 8.39. The minimum Gasteiger partial charge on any atom is -0.507 e. The molecular weight excluding hydrogens is 442 g/mol. The SMILES string of the molecule is COc1ccc(Cl)cc1/C(O)=C1\C(=O)C(=O)N(c2cc(F)ccc2F)C1c1cccnc1. The molecule has 1 aliphatic heterocycles. The first kappa shape index (κ1) is 21.5. The molecule has 6 nitrogen and oxygen atoms in total. The van der Waals surface area contributed by atoms with Gasteiger partial charge in [0.15, 0.2) is 0 Å². The maximum atomic E-state index is 14.6. The fourth-order valence-corrected chi connectivity index (χ4v) is 3.79. The number of pyridine rings is 1. The van der Waals surface area contributed by atoms with Crippen LogP contribution in [0.25, 0.3) is 5.76 Å². The van der Waals surface area contributed by atoms with Crippen molar-refractivity contribution in [3.63, 3.8) is 0 Å². The summed E-state index contributed by atoms with van der Waals surface area (Å²) in [5.74, 6) is -4.31. The largest absolute Gasteiger partial charge is 0.507 e. The zero-order valence-electron chi connectivity index (χ0n) is 16.6. The zero-order valence-corrected chi connectivity index (χ0v) is 17.3. The molecule has 1 atom stereocenters. The number of aliphatic hydroxyl groups is 1. The summed E-state index contributed by atoms with van der Waals surface area (Å²) in [6, 6.07) is 8.76. The Morgan fingerprint density at radius 3 is 2.62 bits per heavy atom. The van der Waals surface area contributed by atoms with Gasteiger partial charge in [0.2, 0.25) is 0 Å². The summed E-state index contributed by atoms with van der Waals surface area (Å²) in [7, 11) is 1.36. The molecule has 1 amide bonds. The molecule has 1 saturated heterocycles. The molecule has 1 N–H and O–H groups in total. The van der Waals surface area contributed by atoms with Crippen LogP contribution < -0.4 is 9.64 Å². The van der Waals surface area contributed by atoms with E-state index in [2.05, 4.69) is 4.98 Å². The van der Waals surface area contributed by atoms with Crippen molar-refractivity contribution < 1.29 is 28.2 Å². The molecule has 0 aliphatic carbocycles. The van der Waals surface area contributed by atoms with Crippen molar-refractivity contribution in [2.75, 3.05) is 12.0 Å². The molecule has 1 unspecified atom stereocenters. The molecule has 32 heavy (non-hydrogen) atoms. The van der Waals surface area contributed by atoms with Gasteiger partial charge in [0, 0.05) is 23.5 Å². The van der Waals surface area contributed by atoms with E-state index in [9.17, 15) is 23.5 Å². The van der Waals surface area contributed by atoms with Crippen molar-refractivity contribution in [1.82, 2.24) is 4.98 Å². The lowest BCUT2D eigenvalue weighted by Crippen LogP contribution is -2.30. The number of rotatable bonds is 4. The number of Topliss-reactive ketones (excluding diaryl/α,β-unsaturated/α-hetero) is 1. The van der Waals surface area contributed by atoms with Crippen LogP contribution in [0.2, 0.25) is 5.02 Å². The van der Waals surface area contributed by atoms with Gasteiger partial charge in [-0.1, -0.05) is 17.7 Å². The molecule has 1 fully saturated rings. The summed E-state index contributed by atoms with van der Waals surface area (Å²) in [5.41, 5.74) is -0.421. The number of hydrogen-bond acceptors (Lipinski definition) is 5. The standard InChI is InChI=1S/C23H15ClF2N2O4/c1-32-18-7-4-13(24)9-15(18)21(29)19-20(12-3-2-8-27-11-12)28(23(31)22(19)30)17-10-14(25)5-6-16(17)26/h2-11,20,29H,1H3/b21-19+. The number of nitrogens with zero attached hydrogens (tertiary/aromatic N) is 2. The van der Waals surface area contributed by atoms with Gasteiger partial charge in [-0.15, -0.1) is 0 Å². The third kappa shape index (κ3) is 3.58. The molecule has 0 saturated carbocycles. The third-order valence-corrected chi connectivity index (χ3v) is 5.26. The Morgan fingerprint density at radius 1 is 1.16 bits per heavy atom. The molecule has 4 rings (SSSR count). The zero-order chi connectivity index (χ0) is 23.0. The first-order valence-corrected chi connectivity index (χ1v) is 9.71. The van der Waals surface area contributed by atoms with Crippen LogP contribution in [0, 0.1) is 11.6 Å². The lowest BCUT2D eigenvalue weighted by atomic mass is 9.95. The van der Waals surface area contributed by atoms with Crippen LogP contribution in [-0.2, 0) is 9.59 Å². The Kier molecular flexibility index (Phi) is 5.63. The molecule has 2 heterocycles. The van der Waals surface area contributed by atoms with Crippen molar-refractivity contribution >= 4 is 34.7 Å². The lowest BCUT2D eigenvalue weighted by Gasteiger charge is -2.25. The van der Waals surface area contributed by atoms with Gasteiger partial charge in [0.05, 0.1) is 30.0 Å². The van der Waals surface area contributed by atoms with Crippen molar-refractivity contribution in [2.24, 2.45) is 0 Å². The van der Waals surface area contributed by atoms with Crippen LogP contribution in [-0.4, -0.2) is 28.9 Å². The van der Waals surface area contributed by atoms with E-state index in [-0.39, 0.29) is 21.9 Å². The number of ketones is 1. The molecule has 2 aromatic carbocycles. The van der Waals surface area contributed by atoms with Crippen LogP contribution in [0.4, 0.5) is 14.5 Å². The summed E-state index contributed by atoms with van der Waals surface area (Å²) >= 11 is 6.05. The smallest absolute Gasteiger partial charge is 0.300 e. The summed E-state index contributed by atoms with van der Waals surface area (Å²) in [4.78, 5) is 30.8. The second-order valence-corrected chi connectivity index (χ2v) is 7.33. The molecule has 9 heteroatoms. The average Bonchev–Trinajstić information content (AvgIpc) is 3.06. The number of anilines is 1. The van der Waals surface area contributed by atoms with E-state index in [0.29, 0.717) is 5.56 Å². The van der Waals surface area contributed by atoms with Gasteiger partial charge in [0.25, 0.3) is 11.7 Å². The third-order valence-electron chi connectivity index (χ3n) is 5.03. The van der Waals surface area contributed by atoms with E-state index in [4.69, 9.17) is 16.3 Å². The van der Waals surface area contributed by atoms with Crippen molar-refractivity contribution in [3.8, 4) is 5.75 Å². The number of aromatic nitrogens is 1. The first-order valence-electron chi connectivity index (χ1n) is 9.33. The van der Waals surface area contributed by atoms with Crippen LogP contribution in [0.3, 0.4) is 0 Å². The monoisotopic (exact) mass is 456 g/mol. The highest BCUT2D eigenvalue weighted by molar-refractivity contribution is 6.51. The highest BCUT2D eigenvalue weighted by Gasteiger charge is 2.48. The van der Waals surface area contributed by atoms with E-state index in [0.717, 1.165) is 23.1 Å². The molecule has 0 bridgehead atoms. The van der Waals surface area contributed by atoms with Crippen molar-refractivity contribution in [1.29, 1.82) is 0 Å². The van der Waals surface area contributed by atoms with E-state index < -0.39 is 40.8 Å². The number of ether oxygens (including phenoxy) is 1. The lowest BCUT2D eigenvalue weighted by molar-refractivity contribution is -0.132. The van der Waals surface area contributed by atoms with Gasteiger partial charge < -0.3 is 9.84 Å².